The predicted molar refractivity (Wildman–Crippen MR) is 79.5 cm³/mol. The van der Waals surface area contributed by atoms with Crippen LogP contribution in [-0.2, 0) is 6.54 Å². The summed E-state index contributed by atoms with van der Waals surface area (Å²) < 4.78 is 0. The molecule has 0 atom stereocenters. The zero-order valence-corrected chi connectivity index (χ0v) is 12.1. The lowest BCUT2D eigenvalue weighted by Crippen LogP contribution is -2.05. The van der Waals surface area contributed by atoms with Crippen LogP contribution in [0.25, 0.3) is 0 Å². The third kappa shape index (κ3) is 3.29. The van der Waals surface area contributed by atoms with Gasteiger partial charge >= 0.3 is 0 Å². The summed E-state index contributed by atoms with van der Waals surface area (Å²) in [7, 11) is 1.92. The lowest BCUT2D eigenvalue weighted by Gasteiger charge is -2.08. The third-order valence-electron chi connectivity index (χ3n) is 2.71. The van der Waals surface area contributed by atoms with Crippen molar-refractivity contribution >= 4 is 23.4 Å². The number of nitrogens with one attached hydrogen (secondary N) is 1. The summed E-state index contributed by atoms with van der Waals surface area (Å²) in [5.41, 5.74) is 2.42. The van der Waals surface area contributed by atoms with Crippen LogP contribution >= 0.6 is 23.4 Å². The molecular weight excluding hydrogens is 262 g/mol. The van der Waals surface area contributed by atoms with Gasteiger partial charge in [-0.05, 0) is 43.3 Å². The van der Waals surface area contributed by atoms with Gasteiger partial charge in [-0.15, -0.1) is 0 Å². The Kier molecular flexibility index (Phi) is 4.70. The molecular formula is C15H16ClNS. The molecule has 18 heavy (non-hydrogen) atoms. The lowest BCUT2D eigenvalue weighted by molar-refractivity contribution is 0.817. The summed E-state index contributed by atoms with van der Waals surface area (Å²) in [5.74, 6) is 0. The molecule has 3 heteroatoms. The molecule has 0 aliphatic heterocycles. The normalized spacial score (nSPS) is 10.6. The minimum atomic E-state index is 0.800. The van der Waals surface area contributed by atoms with E-state index in [-0.39, 0.29) is 0 Å². The van der Waals surface area contributed by atoms with Crippen molar-refractivity contribution in [2.75, 3.05) is 7.05 Å². The second-order valence-corrected chi connectivity index (χ2v) is 5.67. The molecule has 0 radical (unpaired) electrons. The molecule has 0 aliphatic rings. The Morgan fingerprint density at radius 1 is 1.17 bits per heavy atom. The minimum Gasteiger partial charge on any atom is -0.316 e. The number of halogens is 1. The molecule has 1 nitrogen and oxygen atoms in total. The first-order chi connectivity index (χ1) is 8.70. The van der Waals surface area contributed by atoms with Crippen molar-refractivity contribution in [1.82, 2.24) is 5.32 Å². The van der Waals surface area contributed by atoms with E-state index in [1.807, 2.05) is 13.1 Å². The highest BCUT2D eigenvalue weighted by molar-refractivity contribution is 7.99. The highest BCUT2D eigenvalue weighted by Crippen LogP contribution is 2.32. The third-order valence-corrected chi connectivity index (χ3v) is 4.23. The molecule has 0 saturated heterocycles. The van der Waals surface area contributed by atoms with Crippen LogP contribution in [0.1, 0.15) is 11.1 Å². The monoisotopic (exact) mass is 277 g/mol. The first-order valence-electron chi connectivity index (χ1n) is 5.87. The van der Waals surface area contributed by atoms with Crippen LogP contribution in [0.3, 0.4) is 0 Å². The van der Waals surface area contributed by atoms with Gasteiger partial charge < -0.3 is 5.32 Å². The Balaban J connectivity index is 2.20. The maximum absolute atomic E-state index is 6.26. The van der Waals surface area contributed by atoms with Gasteiger partial charge in [0.25, 0.3) is 0 Å². The Bertz CT molecular complexity index is 540. The van der Waals surface area contributed by atoms with Gasteiger partial charge in [-0.25, -0.2) is 0 Å². The van der Waals surface area contributed by atoms with Crippen molar-refractivity contribution in [2.45, 2.75) is 23.3 Å². The Hall–Kier alpha value is -0.960. The smallest absolute Gasteiger partial charge is 0.0462 e. The Morgan fingerprint density at radius 2 is 1.94 bits per heavy atom. The van der Waals surface area contributed by atoms with Gasteiger partial charge in [0.15, 0.2) is 0 Å². The number of hydrogen-bond acceptors (Lipinski definition) is 2. The number of rotatable bonds is 4. The molecule has 0 bridgehead atoms. The van der Waals surface area contributed by atoms with Crippen LogP contribution in [0, 0.1) is 6.92 Å². The van der Waals surface area contributed by atoms with Gasteiger partial charge in [0.1, 0.15) is 0 Å². The van der Waals surface area contributed by atoms with E-state index in [1.165, 1.54) is 15.4 Å². The zero-order valence-electron chi connectivity index (χ0n) is 10.5. The first-order valence-corrected chi connectivity index (χ1v) is 7.06. The molecule has 0 saturated carbocycles. The van der Waals surface area contributed by atoms with Crippen LogP contribution in [-0.4, -0.2) is 7.05 Å². The highest BCUT2D eigenvalue weighted by Gasteiger charge is 2.04. The fourth-order valence-corrected chi connectivity index (χ4v) is 2.98. The largest absolute Gasteiger partial charge is 0.316 e. The maximum Gasteiger partial charge on any atom is 0.0462 e. The van der Waals surface area contributed by atoms with Crippen molar-refractivity contribution in [3.8, 4) is 0 Å². The van der Waals surface area contributed by atoms with Gasteiger partial charge in [0, 0.05) is 21.4 Å². The molecule has 0 unspecified atom stereocenters. The van der Waals surface area contributed by atoms with Crippen LogP contribution in [0.15, 0.2) is 52.3 Å². The average Bonchev–Trinajstić information content (AvgIpc) is 2.36. The van der Waals surface area contributed by atoms with E-state index >= 15 is 0 Å². The van der Waals surface area contributed by atoms with E-state index in [2.05, 4.69) is 48.6 Å². The number of benzene rings is 2. The molecule has 2 rings (SSSR count). The van der Waals surface area contributed by atoms with Gasteiger partial charge in [-0.3, -0.25) is 0 Å². The Labute approximate surface area is 118 Å². The van der Waals surface area contributed by atoms with Crippen molar-refractivity contribution < 1.29 is 0 Å². The highest BCUT2D eigenvalue weighted by atomic mass is 35.5. The maximum atomic E-state index is 6.26. The van der Waals surface area contributed by atoms with Crippen LogP contribution in [0.2, 0.25) is 5.02 Å². The summed E-state index contributed by atoms with van der Waals surface area (Å²) in [6.07, 6.45) is 0. The molecule has 1 N–H and O–H groups in total. The van der Waals surface area contributed by atoms with Crippen molar-refractivity contribution in [3.63, 3.8) is 0 Å². The molecule has 0 spiro atoms. The SMILES string of the molecule is CNCc1ccc(Sc2ccccc2C)cc1Cl. The summed E-state index contributed by atoms with van der Waals surface area (Å²) in [6.45, 7) is 2.92. The topological polar surface area (TPSA) is 12.0 Å². The van der Waals surface area contributed by atoms with E-state index in [0.29, 0.717) is 0 Å². The van der Waals surface area contributed by atoms with E-state index in [0.717, 1.165) is 17.1 Å². The molecule has 0 heterocycles. The molecule has 2 aromatic carbocycles. The van der Waals surface area contributed by atoms with Crippen LogP contribution < -0.4 is 5.32 Å². The van der Waals surface area contributed by atoms with Crippen molar-refractivity contribution in [3.05, 3.63) is 58.6 Å². The summed E-state index contributed by atoms with van der Waals surface area (Å²) in [6, 6.07) is 14.6. The average molecular weight is 278 g/mol. The molecule has 94 valence electrons. The summed E-state index contributed by atoms with van der Waals surface area (Å²) in [4.78, 5) is 2.45. The second kappa shape index (κ2) is 6.28. The standard InChI is InChI=1S/C15H16ClNS/c1-11-5-3-4-6-15(11)18-13-8-7-12(10-17-2)14(16)9-13/h3-9,17H,10H2,1-2H3. The summed E-state index contributed by atoms with van der Waals surface area (Å²) in [5, 5.41) is 3.93. The fraction of sp³-hybridized carbons (Fsp3) is 0.200. The molecule has 0 aliphatic carbocycles. The van der Waals surface area contributed by atoms with E-state index in [1.54, 1.807) is 11.8 Å². The fourth-order valence-electron chi connectivity index (χ4n) is 1.72. The zero-order chi connectivity index (χ0) is 13.0. The van der Waals surface area contributed by atoms with Crippen molar-refractivity contribution in [1.29, 1.82) is 0 Å². The molecule has 0 amide bonds. The molecule has 2 aromatic rings. The van der Waals surface area contributed by atoms with Gasteiger partial charge in [0.05, 0.1) is 0 Å². The van der Waals surface area contributed by atoms with E-state index < -0.39 is 0 Å². The van der Waals surface area contributed by atoms with E-state index in [9.17, 15) is 0 Å². The lowest BCUT2D eigenvalue weighted by atomic mass is 10.2. The van der Waals surface area contributed by atoms with Gasteiger partial charge in [-0.2, -0.15) is 0 Å². The van der Waals surface area contributed by atoms with Crippen LogP contribution in [0.4, 0.5) is 0 Å². The molecule has 0 aromatic heterocycles. The first kappa shape index (κ1) is 13.5. The van der Waals surface area contributed by atoms with E-state index in [4.69, 9.17) is 11.6 Å². The van der Waals surface area contributed by atoms with Crippen molar-refractivity contribution in [2.24, 2.45) is 0 Å². The summed E-state index contributed by atoms with van der Waals surface area (Å²) >= 11 is 8.01. The van der Waals surface area contributed by atoms with Crippen LogP contribution in [0.5, 0.6) is 0 Å². The number of aryl methyl sites for hydroxylation is 1. The Morgan fingerprint density at radius 3 is 2.61 bits per heavy atom. The molecule has 0 fully saturated rings. The predicted octanol–water partition coefficient (Wildman–Crippen LogP) is 4.52. The quantitative estimate of drug-likeness (QED) is 0.882. The van der Waals surface area contributed by atoms with Gasteiger partial charge in [-0.1, -0.05) is 47.6 Å². The minimum absolute atomic E-state index is 0.800. The second-order valence-electron chi connectivity index (χ2n) is 4.15. The number of hydrogen-bond donors (Lipinski definition) is 1. The van der Waals surface area contributed by atoms with Gasteiger partial charge in [0.2, 0.25) is 0 Å².